The maximum atomic E-state index is 5.09. The number of benzene rings is 1. The third-order valence-corrected chi connectivity index (χ3v) is 3.34. The highest BCUT2D eigenvalue weighted by atomic mass is 79.9. The van der Waals surface area contributed by atoms with E-state index in [2.05, 4.69) is 20.3 Å². The summed E-state index contributed by atoms with van der Waals surface area (Å²) in [6.45, 7) is 0. The van der Waals surface area contributed by atoms with Gasteiger partial charge in [0.15, 0.2) is 0 Å². The molecule has 72 valence electrons. The summed E-state index contributed by atoms with van der Waals surface area (Å²) >= 11 is 4.81. The van der Waals surface area contributed by atoms with Crippen molar-refractivity contribution in [2.45, 2.75) is 0 Å². The van der Waals surface area contributed by atoms with Crippen molar-refractivity contribution in [2.24, 2.45) is 0 Å². The lowest BCUT2D eigenvalue weighted by molar-refractivity contribution is 0.415. The Hall–Kier alpha value is -0.870. The minimum atomic E-state index is 0.873. The minimum Gasteiger partial charge on any atom is -0.497 e. The van der Waals surface area contributed by atoms with Crippen molar-refractivity contribution in [3.05, 3.63) is 34.9 Å². The van der Waals surface area contributed by atoms with E-state index in [0.717, 1.165) is 20.8 Å². The second-order valence-electron chi connectivity index (χ2n) is 2.74. The Bertz CT molecular complexity index is 424. The summed E-state index contributed by atoms with van der Waals surface area (Å²) in [7, 11) is 1.66. The molecule has 1 aromatic carbocycles. The lowest BCUT2D eigenvalue weighted by Gasteiger charge is -1.99. The predicted molar refractivity (Wildman–Crippen MR) is 61.8 cm³/mol. The summed E-state index contributed by atoms with van der Waals surface area (Å²) in [5.41, 5.74) is 1.16. The fourth-order valence-corrected chi connectivity index (χ4v) is 2.39. The number of aromatic nitrogens is 1. The molecule has 4 heteroatoms. The van der Waals surface area contributed by atoms with Crippen molar-refractivity contribution in [2.75, 3.05) is 7.11 Å². The lowest BCUT2D eigenvalue weighted by atomic mass is 10.2. The highest BCUT2D eigenvalue weighted by Gasteiger charge is 2.02. The van der Waals surface area contributed by atoms with Gasteiger partial charge in [0.05, 0.1) is 12.0 Å². The zero-order valence-corrected chi connectivity index (χ0v) is 9.93. The number of hydrogen-bond acceptors (Lipinski definition) is 3. The number of rotatable bonds is 2. The zero-order valence-electron chi connectivity index (χ0n) is 7.53. The molecule has 0 aliphatic rings. The molecule has 0 N–H and O–H groups in total. The van der Waals surface area contributed by atoms with Gasteiger partial charge in [0.25, 0.3) is 0 Å². The van der Waals surface area contributed by atoms with E-state index in [0.29, 0.717) is 0 Å². The number of nitrogens with zero attached hydrogens (tertiary/aromatic N) is 1. The lowest BCUT2D eigenvalue weighted by Crippen LogP contribution is -1.81. The molecule has 0 saturated carbocycles. The Morgan fingerprint density at radius 2 is 2.00 bits per heavy atom. The molecule has 0 spiro atoms. The number of hydrogen-bond donors (Lipinski definition) is 0. The second-order valence-corrected chi connectivity index (χ2v) is 4.36. The molecule has 0 fully saturated rings. The molecule has 0 atom stereocenters. The van der Waals surface area contributed by atoms with Crippen molar-refractivity contribution in [3.8, 4) is 16.2 Å². The van der Waals surface area contributed by atoms with Crippen LogP contribution in [0.1, 0.15) is 0 Å². The first kappa shape index (κ1) is 9.68. The van der Waals surface area contributed by atoms with Gasteiger partial charge in [0.1, 0.15) is 10.4 Å². The van der Waals surface area contributed by atoms with Crippen molar-refractivity contribution in [1.82, 2.24) is 4.37 Å². The van der Waals surface area contributed by atoms with Crippen LogP contribution in [-0.2, 0) is 0 Å². The third kappa shape index (κ3) is 1.96. The molecule has 0 bridgehead atoms. The summed E-state index contributed by atoms with van der Waals surface area (Å²) in [5.74, 6) is 0.873. The van der Waals surface area contributed by atoms with Gasteiger partial charge in [-0.25, -0.2) is 0 Å². The number of ether oxygens (including phenoxy) is 1. The van der Waals surface area contributed by atoms with Gasteiger partial charge in [-0.05, 0) is 63.4 Å². The van der Waals surface area contributed by atoms with Crippen LogP contribution in [0.2, 0.25) is 0 Å². The Balaban J connectivity index is 2.33. The van der Waals surface area contributed by atoms with Crippen LogP contribution >= 0.6 is 27.5 Å². The fraction of sp³-hybridized carbons (Fsp3) is 0.100. The standard InChI is InChI=1S/C10H8BrNOS/c1-13-8-4-2-7(3-5-8)9-6-10(11)12-14-9/h2-6H,1H3. The molecular formula is C10H8BrNOS. The topological polar surface area (TPSA) is 22.1 Å². The molecular weight excluding hydrogens is 262 g/mol. The first-order chi connectivity index (χ1) is 6.79. The maximum absolute atomic E-state index is 5.09. The molecule has 1 heterocycles. The summed E-state index contributed by atoms with van der Waals surface area (Å²) in [5, 5.41) is 0. The molecule has 14 heavy (non-hydrogen) atoms. The Labute approximate surface area is 94.8 Å². The second kappa shape index (κ2) is 4.11. The SMILES string of the molecule is COc1ccc(-c2cc(Br)ns2)cc1. The Morgan fingerprint density at radius 3 is 2.50 bits per heavy atom. The van der Waals surface area contributed by atoms with E-state index in [4.69, 9.17) is 4.74 Å². The maximum Gasteiger partial charge on any atom is 0.120 e. The average molecular weight is 270 g/mol. The van der Waals surface area contributed by atoms with E-state index in [1.54, 1.807) is 7.11 Å². The first-order valence-electron chi connectivity index (χ1n) is 4.06. The van der Waals surface area contributed by atoms with Gasteiger partial charge in [-0.1, -0.05) is 0 Å². The monoisotopic (exact) mass is 269 g/mol. The molecule has 0 aliphatic carbocycles. The largest absolute Gasteiger partial charge is 0.497 e. The molecule has 2 nitrogen and oxygen atoms in total. The van der Waals surface area contributed by atoms with Gasteiger partial charge in [-0.2, -0.15) is 4.37 Å². The van der Waals surface area contributed by atoms with E-state index in [9.17, 15) is 0 Å². The van der Waals surface area contributed by atoms with Crippen LogP contribution in [0.5, 0.6) is 5.75 Å². The van der Waals surface area contributed by atoms with Crippen molar-refractivity contribution < 1.29 is 4.74 Å². The summed E-state index contributed by atoms with van der Waals surface area (Å²) in [6, 6.07) is 9.95. The van der Waals surface area contributed by atoms with E-state index >= 15 is 0 Å². The van der Waals surface area contributed by atoms with Gasteiger partial charge in [0, 0.05) is 0 Å². The zero-order chi connectivity index (χ0) is 9.97. The Kier molecular flexibility index (Phi) is 2.84. The van der Waals surface area contributed by atoms with Gasteiger partial charge in [0.2, 0.25) is 0 Å². The van der Waals surface area contributed by atoms with Crippen molar-refractivity contribution in [1.29, 1.82) is 0 Å². The molecule has 2 rings (SSSR count). The number of methoxy groups -OCH3 is 1. The molecule has 0 saturated heterocycles. The quantitative estimate of drug-likeness (QED) is 0.832. The molecule has 0 unspecified atom stereocenters. The van der Waals surface area contributed by atoms with Crippen LogP contribution in [0.25, 0.3) is 10.4 Å². The smallest absolute Gasteiger partial charge is 0.120 e. The highest BCUT2D eigenvalue weighted by molar-refractivity contribution is 9.10. The fourth-order valence-electron chi connectivity index (χ4n) is 1.14. The van der Waals surface area contributed by atoms with Crippen molar-refractivity contribution >= 4 is 27.5 Å². The van der Waals surface area contributed by atoms with Gasteiger partial charge >= 0.3 is 0 Å². The normalized spacial score (nSPS) is 10.1. The molecule has 0 aliphatic heterocycles. The summed E-state index contributed by atoms with van der Waals surface area (Å²) in [6.07, 6.45) is 0. The van der Waals surface area contributed by atoms with Crippen LogP contribution in [-0.4, -0.2) is 11.5 Å². The van der Waals surface area contributed by atoms with E-state index in [1.165, 1.54) is 11.5 Å². The van der Waals surface area contributed by atoms with Crippen molar-refractivity contribution in [3.63, 3.8) is 0 Å². The van der Waals surface area contributed by atoms with Gasteiger partial charge in [-0.3, -0.25) is 0 Å². The van der Waals surface area contributed by atoms with E-state index in [1.807, 2.05) is 30.3 Å². The van der Waals surface area contributed by atoms with E-state index < -0.39 is 0 Å². The van der Waals surface area contributed by atoms with Crippen LogP contribution in [0, 0.1) is 0 Å². The summed E-state index contributed by atoms with van der Waals surface area (Å²) < 4.78 is 10.1. The molecule has 2 aromatic rings. The van der Waals surface area contributed by atoms with Gasteiger partial charge in [-0.15, -0.1) is 0 Å². The first-order valence-corrected chi connectivity index (χ1v) is 5.63. The van der Waals surface area contributed by atoms with Crippen LogP contribution in [0.15, 0.2) is 34.9 Å². The summed E-state index contributed by atoms with van der Waals surface area (Å²) in [4.78, 5) is 1.15. The van der Waals surface area contributed by atoms with Crippen LogP contribution < -0.4 is 4.74 Å². The minimum absolute atomic E-state index is 0.873. The number of halogens is 1. The van der Waals surface area contributed by atoms with Crippen LogP contribution in [0.4, 0.5) is 0 Å². The van der Waals surface area contributed by atoms with Gasteiger partial charge < -0.3 is 4.74 Å². The average Bonchev–Trinajstić information content (AvgIpc) is 2.65. The highest BCUT2D eigenvalue weighted by Crippen LogP contribution is 2.28. The van der Waals surface area contributed by atoms with Crippen LogP contribution in [0.3, 0.4) is 0 Å². The third-order valence-electron chi connectivity index (χ3n) is 1.86. The Morgan fingerprint density at radius 1 is 1.29 bits per heavy atom. The molecule has 0 radical (unpaired) electrons. The predicted octanol–water partition coefficient (Wildman–Crippen LogP) is 3.58. The molecule has 1 aromatic heterocycles. The van der Waals surface area contributed by atoms with E-state index in [-0.39, 0.29) is 0 Å². The molecule has 0 amide bonds.